The van der Waals surface area contributed by atoms with E-state index in [1.807, 2.05) is 30.3 Å². The Bertz CT molecular complexity index is 866. The molecule has 2 aromatic carbocycles. The highest BCUT2D eigenvalue weighted by Crippen LogP contribution is 2.30. The number of methoxy groups -OCH3 is 1. The maximum atomic E-state index is 6.09. The summed E-state index contributed by atoms with van der Waals surface area (Å²) >= 11 is 7.63. The summed E-state index contributed by atoms with van der Waals surface area (Å²) in [5, 5.41) is 13.5. The minimum absolute atomic E-state index is 0.662. The zero-order valence-electron chi connectivity index (χ0n) is 13.7. The van der Waals surface area contributed by atoms with Crippen LogP contribution in [-0.4, -0.2) is 27.3 Å². The lowest BCUT2D eigenvalue weighted by Crippen LogP contribution is -2.02. The van der Waals surface area contributed by atoms with Gasteiger partial charge >= 0.3 is 0 Å². The third kappa shape index (κ3) is 3.39. The molecule has 0 aliphatic carbocycles. The summed E-state index contributed by atoms with van der Waals surface area (Å²) in [7, 11) is 1.65. The number of hydrogen-bond acceptors (Lipinski definition) is 5. The van der Waals surface area contributed by atoms with Crippen LogP contribution < -0.4 is 4.74 Å². The Labute approximate surface area is 150 Å². The Morgan fingerprint density at radius 2 is 2.04 bits per heavy atom. The highest BCUT2D eigenvalue weighted by Gasteiger charge is 2.13. The van der Waals surface area contributed by atoms with Crippen molar-refractivity contribution in [1.82, 2.24) is 20.2 Å². The maximum Gasteiger partial charge on any atom is 0.214 e. The molecule has 0 N–H and O–H groups in total. The molecule has 7 heteroatoms. The number of aromatic nitrogens is 4. The monoisotopic (exact) mass is 360 g/mol. The van der Waals surface area contributed by atoms with Crippen molar-refractivity contribution < 1.29 is 4.74 Å². The van der Waals surface area contributed by atoms with Crippen molar-refractivity contribution in [1.29, 1.82) is 0 Å². The van der Waals surface area contributed by atoms with Gasteiger partial charge in [0.2, 0.25) is 5.16 Å². The summed E-state index contributed by atoms with van der Waals surface area (Å²) in [5.41, 5.74) is 4.36. The van der Waals surface area contributed by atoms with E-state index in [1.165, 1.54) is 5.56 Å². The summed E-state index contributed by atoms with van der Waals surface area (Å²) < 4.78 is 7.16. The zero-order chi connectivity index (χ0) is 17.1. The molecule has 3 rings (SSSR count). The van der Waals surface area contributed by atoms with Crippen LogP contribution in [0.5, 0.6) is 5.75 Å². The van der Waals surface area contributed by atoms with E-state index in [0.29, 0.717) is 10.8 Å². The molecule has 0 radical (unpaired) electrons. The molecule has 1 heterocycles. The summed E-state index contributed by atoms with van der Waals surface area (Å²) in [5.74, 6) is 1.47. The lowest BCUT2D eigenvalue weighted by atomic mass is 10.1. The Balaban J connectivity index is 1.87. The Hall–Kier alpha value is -2.05. The minimum atomic E-state index is 0.662. The number of thioether (sulfide) groups is 1. The number of halogens is 1. The normalized spacial score (nSPS) is 10.8. The third-order valence-corrected chi connectivity index (χ3v) is 5.05. The lowest BCUT2D eigenvalue weighted by Gasteiger charge is -2.11. The van der Waals surface area contributed by atoms with Gasteiger partial charge in [-0.3, -0.25) is 0 Å². The second-order valence-electron chi connectivity index (χ2n) is 5.34. The standard InChI is InChI=1S/C17H17ClN4OS/c1-11-5-4-6-15(12(11)2)22-17(19-20-21-22)24-10-13-9-14(18)7-8-16(13)23-3/h4-9H,10H2,1-3H3. The summed E-state index contributed by atoms with van der Waals surface area (Å²) in [6.07, 6.45) is 0. The van der Waals surface area contributed by atoms with Crippen molar-refractivity contribution in [2.45, 2.75) is 24.8 Å². The molecule has 0 saturated carbocycles. The number of nitrogens with zero attached hydrogens (tertiary/aromatic N) is 4. The van der Waals surface area contributed by atoms with Gasteiger partial charge in [-0.2, -0.15) is 4.68 Å². The Kier molecular flexibility index (Phi) is 5.06. The molecule has 0 aliphatic heterocycles. The number of aryl methyl sites for hydroxylation is 1. The van der Waals surface area contributed by atoms with Gasteiger partial charge in [0, 0.05) is 16.3 Å². The molecule has 0 unspecified atom stereocenters. The van der Waals surface area contributed by atoms with Crippen LogP contribution in [0.4, 0.5) is 0 Å². The second-order valence-corrected chi connectivity index (χ2v) is 6.72. The van der Waals surface area contributed by atoms with Crippen molar-refractivity contribution in [3.63, 3.8) is 0 Å². The van der Waals surface area contributed by atoms with Gasteiger partial charge in [0.05, 0.1) is 12.8 Å². The molecule has 0 aliphatic rings. The average molecular weight is 361 g/mol. The van der Waals surface area contributed by atoms with E-state index >= 15 is 0 Å². The van der Waals surface area contributed by atoms with Crippen LogP contribution in [0.25, 0.3) is 5.69 Å². The first-order valence-electron chi connectivity index (χ1n) is 7.40. The number of benzene rings is 2. The van der Waals surface area contributed by atoms with Gasteiger partial charge < -0.3 is 4.74 Å². The average Bonchev–Trinajstić information content (AvgIpc) is 3.04. The van der Waals surface area contributed by atoms with Gasteiger partial charge in [-0.15, -0.1) is 5.10 Å². The first-order chi connectivity index (χ1) is 11.6. The van der Waals surface area contributed by atoms with E-state index in [9.17, 15) is 0 Å². The highest BCUT2D eigenvalue weighted by atomic mass is 35.5. The second kappa shape index (κ2) is 7.23. The molecule has 0 spiro atoms. The molecule has 124 valence electrons. The summed E-state index contributed by atoms with van der Waals surface area (Å²) in [6.45, 7) is 4.15. The maximum absolute atomic E-state index is 6.09. The molecule has 0 amide bonds. The van der Waals surface area contributed by atoms with Crippen molar-refractivity contribution in [3.8, 4) is 11.4 Å². The van der Waals surface area contributed by atoms with E-state index in [4.69, 9.17) is 16.3 Å². The van der Waals surface area contributed by atoms with Crippen LogP contribution in [0.15, 0.2) is 41.6 Å². The Morgan fingerprint density at radius 1 is 1.21 bits per heavy atom. The molecule has 5 nitrogen and oxygen atoms in total. The largest absolute Gasteiger partial charge is 0.496 e. The van der Waals surface area contributed by atoms with Crippen LogP contribution in [-0.2, 0) is 5.75 Å². The minimum Gasteiger partial charge on any atom is -0.496 e. The predicted molar refractivity (Wildman–Crippen MR) is 96.2 cm³/mol. The van der Waals surface area contributed by atoms with Crippen LogP contribution in [0, 0.1) is 13.8 Å². The quantitative estimate of drug-likeness (QED) is 0.637. The molecule has 0 atom stereocenters. The molecular weight excluding hydrogens is 344 g/mol. The van der Waals surface area contributed by atoms with Gasteiger partial charge in [-0.05, 0) is 59.7 Å². The van der Waals surface area contributed by atoms with Crippen LogP contribution in [0.1, 0.15) is 16.7 Å². The molecule has 0 fully saturated rings. The number of tetrazole rings is 1. The first kappa shape index (κ1) is 16.8. The summed E-state index contributed by atoms with van der Waals surface area (Å²) in [4.78, 5) is 0. The fourth-order valence-electron chi connectivity index (χ4n) is 2.39. The van der Waals surface area contributed by atoms with Gasteiger partial charge in [0.1, 0.15) is 5.75 Å². The fraction of sp³-hybridized carbons (Fsp3) is 0.235. The van der Waals surface area contributed by atoms with Crippen LogP contribution >= 0.6 is 23.4 Å². The van der Waals surface area contributed by atoms with Gasteiger partial charge in [0.25, 0.3) is 0 Å². The molecule has 0 bridgehead atoms. The van der Waals surface area contributed by atoms with Crippen LogP contribution in [0.2, 0.25) is 5.02 Å². The summed E-state index contributed by atoms with van der Waals surface area (Å²) in [6, 6.07) is 11.7. The third-order valence-electron chi connectivity index (χ3n) is 3.84. The highest BCUT2D eigenvalue weighted by molar-refractivity contribution is 7.98. The van der Waals surface area contributed by atoms with E-state index in [-0.39, 0.29) is 0 Å². The van der Waals surface area contributed by atoms with E-state index in [2.05, 4.69) is 35.4 Å². The smallest absolute Gasteiger partial charge is 0.214 e. The Morgan fingerprint density at radius 3 is 2.83 bits per heavy atom. The number of ether oxygens (including phenoxy) is 1. The van der Waals surface area contributed by atoms with Crippen molar-refractivity contribution in [2.24, 2.45) is 0 Å². The molecule has 24 heavy (non-hydrogen) atoms. The van der Waals surface area contributed by atoms with E-state index in [0.717, 1.165) is 27.7 Å². The van der Waals surface area contributed by atoms with Gasteiger partial charge in [-0.25, -0.2) is 0 Å². The van der Waals surface area contributed by atoms with Crippen molar-refractivity contribution in [3.05, 3.63) is 58.1 Å². The van der Waals surface area contributed by atoms with Crippen molar-refractivity contribution in [2.75, 3.05) is 7.11 Å². The van der Waals surface area contributed by atoms with E-state index in [1.54, 1.807) is 23.6 Å². The van der Waals surface area contributed by atoms with Gasteiger partial charge in [0.15, 0.2) is 0 Å². The van der Waals surface area contributed by atoms with E-state index < -0.39 is 0 Å². The topological polar surface area (TPSA) is 52.8 Å². The SMILES string of the molecule is COc1ccc(Cl)cc1CSc1nnnn1-c1cccc(C)c1C. The number of hydrogen-bond donors (Lipinski definition) is 0. The first-order valence-corrected chi connectivity index (χ1v) is 8.76. The van der Waals surface area contributed by atoms with Crippen molar-refractivity contribution >= 4 is 23.4 Å². The molecule has 0 saturated heterocycles. The zero-order valence-corrected chi connectivity index (χ0v) is 15.2. The molecule has 1 aromatic heterocycles. The molecule has 3 aromatic rings. The number of rotatable bonds is 5. The predicted octanol–water partition coefficient (Wildman–Crippen LogP) is 4.23. The lowest BCUT2D eigenvalue weighted by molar-refractivity contribution is 0.411. The van der Waals surface area contributed by atoms with Crippen LogP contribution in [0.3, 0.4) is 0 Å². The van der Waals surface area contributed by atoms with Gasteiger partial charge in [-0.1, -0.05) is 35.5 Å². The molecular formula is C17H17ClN4OS. The fourth-order valence-corrected chi connectivity index (χ4v) is 3.44.